The van der Waals surface area contributed by atoms with Crippen LogP contribution in [0.3, 0.4) is 0 Å². The molecule has 0 saturated carbocycles. The summed E-state index contributed by atoms with van der Waals surface area (Å²) in [5.74, 6) is 0.508. The third kappa shape index (κ3) is 4.94. The molecular weight excluding hydrogens is 252 g/mol. The van der Waals surface area contributed by atoms with Crippen LogP contribution in [0.1, 0.15) is 33.6 Å². The zero-order valence-electron chi connectivity index (χ0n) is 11.5. The molecule has 5 nitrogen and oxygen atoms in total. The molecule has 0 aliphatic carbocycles. The molecule has 1 amide bonds. The van der Waals surface area contributed by atoms with E-state index in [1.807, 2.05) is 11.8 Å². The second-order valence-corrected chi connectivity index (χ2v) is 7.44. The van der Waals surface area contributed by atoms with Crippen molar-refractivity contribution in [3.05, 3.63) is 0 Å². The Morgan fingerprint density at radius 2 is 1.94 bits per heavy atom. The summed E-state index contributed by atoms with van der Waals surface area (Å²) in [5.41, 5.74) is 0. The Morgan fingerprint density at radius 3 is 2.39 bits per heavy atom. The van der Waals surface area contributed by atoms with Crippen molar-refractivity contribution >= 4 is 15.7 Å². The number of likely N-dealkylation sites (tertiary alicyclic amines) is 1. The van der Waals surface area contributed by atoms with Gasteiger partial charge in [-0.1, -0.05) is 6.92 Å². The molecule has 0 radical (unpaired) electrons. The van der Waals surface area contributed by atoms with Crippen LogP contribution in [0.5, 0.6) is 0 Å². The summed E-state index contributed by atoms with van der Waals surface area (Å²) in [7, 11) is -2.92. The molecule has 1 atom stereocenters. The van der Waals surface area contributed by atoms with E-state index in [1.165, 1.54) is 0 Å². The van der Waals surface area contributed by atoms with E-state index in [9.17, 15) is 13.2 Å². The van der Waals surface area contributed by atoms with Crippen LogP contribution in [0.15, 0.2) is 0 Å². The van der Waals surface area contributed by atoms with Gasteiger partial charge >= 0.3 is 0 Å². The molecule has 1 aliphatic rings. The maximum atomic E-state index is 11.5. The van der Waals surface area contributed by atoms with Crippen LogP contribution >= 0.6 is 0 Å². The Bertz CT molecular complexity index is 373. The zero-order valence-corrected chi connectivity index (χ0v) is 12.3. The van der Waals surface area contributed by atoms with Gasteiger partial charge in [-0.15, -0.1) is 0 Å². The molecular formula is C12H24N2O3S. The van der Waals surface area contributed by atoms with Crippen molar-refractivity contribution in [1.29, 1.82) is 0 Å². The lowest BCUT2D eigenvalue weighted by Gasteiger charge is -2.33. The molecule has 106 valence electrons. The lowest BCUT2D eigenvalue weighted by molar-refractivity contribution is -0.129. The molecule has 0 aromatic heterocycles. The van der Waals surface area contributed by atoms with E-state index < -0.39 is 9.84 Å². The minimum atomic E-state index is -2.92. The number of hydrogen-bond donors (Lipinski definition) is 1. The van der Waals surface area contributed by atoms with Gasteiger partial charge in [0.1, 0.15) is 0 Å². The lowest BCUT2D eigenvalue weighted by Crippen LogP contribution is -2.48. The molecule has 1 rings (SSSR count). The van der Waals surface area contributed by atoms with Crippen LogP contribution < -0.4 is 5.32 Å². The van der Waals surface area contributed by atoms with Crippen LogP contribution in [0.4, 0.5) is 0 Å². The average Bonchev–Trinajstić information content (AvgIpc) is 2.29. The molecule has 0 aromatic carbocycles. The van der Waals surface area contributed by atoms with Gasteiger partial charge in [0.25, 0.3) is 0 Å². The molecule has 0 bridgehead atoms. The maximum absolute atomic E-state index is 11.5. The third-order valence-corrected chi connectivity index (χ3v) is 5.29. The second kappa shape index (κ2) is 6.52. The Morgan fingerprint density at radius 1 is 1.39 bits per heavy atom. The van der Waals surface area contributed by atoms with E-state index in [2.05, 4.69) is 5.32 Å². The standard InChI is InChI=1S/C12H24N2O3S/c1-4-18(16,17)9-10(2)13-12-5-7-14(8-6-12)11(3)15/h10,12-13H,4-9H2,1-3H3. The van der Waals surface area contributed by atoms with E-state index in [4.69, 9.17) is 0 Å². The fourth-order valence-electron chi connectivity index (χ4n) is 2.31. The number of amides is 1. The topological polar surface area (TPSA) is 66.5 Å². The molecule has 1 heterocycles. The third-order valence-electron chi connectivity index (χ3n) is 3.40. The van der Waals surface area contributed by atoms with Crippen LogP contribution in [0.2, 0.25) is 0 Å². The maximum Gasteiger partial charge on any atom is 0.219 e. The van der Waals surface area contributed by atoms with Crippen molar-refractivity contribution in [2.75, 3.05) is 24.6 Å². The first-order valence-electron chi connectivity index (χ1n) is 6.56. The van der Waals surface area contributed by atoms with Gasteiger partial charge in [0, 0.05) is 37.8 Å². The quantitative estimate of drug-likeness (QED) is 0.790. The molecule has 1 fully saturated rings. The minimum Gasteiger partial charge on any atom is -0.343 e. The number of nitrogens with one attached hydrogen (secondary N) is 1. The molecule has 0 aromatic rings. The first kappa shape index (κ1) is 15.4. The number of piperidine rings is 1. The molecule has 6 heteroatoms. The molecule has 1 N–H and O–H groups in total. The summed E-state index contributed by atoms with van der Waals surface area (Å²) in [6.07, 6.45) is 1.80. The highest BCUT2D eigenvalue weighted by Gasteiger charge is 2.23. The van der Waals surface area contributed by atoms with Crippen LogP contribution in [0, 0.1) is 0 Å². The van der Waals surface area contributed by atoms with Gasteiger partial charge in [-0.3, -0.25) is 4.79 Å². The van der Waals surface area contributed by atoms with Crippen LogP contribution in [-0.2, 0) is 14.6 Å². The fraction of sp³-hybridized carbons (Fsp3) is 0.917. The van der Waals surface area contributed by atoms with Crippen molar-refractivity contribution in [2.24, 2.45) is 0 Å². The SMILES string of the molecule is CCS(=O)(=O)CC(C)NC1CCN(C(C)=O)CC1. The summed E-state index contributed by atoms with van der Waals surface area (Å²) in [6, 6.07) is 0.298. The van der Waals surface area contributed by atoms with Crippen molar-refractivity contribution in [3.8, 4) is 0 Å². The highest BCUT2D eigenvalue weighted by Crippen LogP contribution is 2.11. The molecule has 1 aliphatic heterocycles. The Balaban J connectivity index is 2.35. The van der Waals surface area contributed by atoms with Gasteiger partial charge in [-0.2, -0.15) is 0 Å². The predicted molar refractivity (Wildman–Crippen MR) is 72.2 cm³/mol. The first-order chi connectivity index (χ1) is 8.34. The van der Waals surface area contributed by atoms with Gasteiger partial charge in [-0.25, -0.2) is 8.42 Å². The number of sulfone groups is 1. The van der Waals surface area contributed by atoms with Crippen LogP contribution in [-0.4, -0.2) is 55.9 Å². The first-order valence-corrected chi connectivity index (χ1v) is 8.38. The highest BCUT2D eigenvalue weighted by atomic mass is 32.2. The monoisotopic (exact) mass is 276 g/mol. The number of carbonyl (C=O) groups excluding carboxylic acids is 1. The lowest BCUT2D eigenvalue weighted by atomic mass is 10.0. The number of hydrogen-bond acceptors (Lipinski definition) is 4. The molecule has 1 unspecified atom stereocenters. The fourth-order valence-corrected chi connectivity index (χ4v) is 3.40. The molecule has 18 heavy (non-hydrogen) atoms. The summed E-state index contributed by atoms with van der Waals surface area (Å²) >= 11 is 0. The average molecular weight is 276 g/mol. The van der Waals surface area contributed by atoms with E-state index in [-0.39, 0.29) is 23.5 Å². The Labute approximate surface area is 110 Å². The Kier molecular flexibility index (Phi) is 5.59. The largest absolute Gasteiger partial charge is 0.343 e. The predicted octanol–water partition coefficient (Wildman–Crippen LogP) is 0.410. The van der Waals surface area contributed by atoms with E-state index >= 15 is 0 Å². The highest BCUT2D eigenvalue weighted by molar-refractivity contribution is 7.91. The van der Waals surface area contributed by atoms with Crippen LogP contribution in [0.25, 0.3) is 0 Å². The van der Waals surface area contributed by atoms with Crippen molar-refractivity contribution < 1.29 is 13.2 Å². The molecule has 0 spiro atoms. The van der Waals surface area contributed by atoms with Gasteiger partial charge < -0.3 is 10.2 Å². The number of carbonyl (C=O) groups is 1. The number of rotatable bonds is 5. The smallest absolute Gasteiger partial charge is 0.219 e. The summed E-state index contributed by atoms with van der Waals surface area (Å²) in [5, 5.41) is 3.35. The van der Waals surface area contributed by atoms with Crippen molar-refractivity contribution in [1.82, 2.24) is 10.2 Å². The number of nitrogens with zero attached hydrogens (tertiary/aromatic N) is 1. The van der Waals surface area contributed by atoms with Crippen molar-refractivity contribution in [2.45, 2.75) is 45.7 Å². The normalized spacial score (nSPS) is 19.8. The summed E-state index contributed by atoms with van der Waals surface area (Å²) < 4.78 is 23.0. The van der Waals surface area contributed by atoms with Gasteiger partial charge in [0.05, 0.1) is 5.75 Å². The van der Waals surface area contributed by atoms with E-state index in [0.29, 0.717) is 6.04 Å². The minimum absolute atomic E-state index is 0.0242. The summed E-state index contributed by atoms with van der Waals surface area (Å²) in [6.45, 7) is 6.70. The zero-order chi connectivity index (χ0) is 13.8. The van der Waals surface area contributed by atoms with Crippen molar-refractivity contribution in [3.63, 3.8) is 0 Å². The van der Waals surface area contributed by atoms with E-state index in [0.717, 1.165) is 25.9 Å². The van der Waals surface area contributed by atoms with Gasteiger partial charge in [0.15, 0.2) is 9.84 Å². The summed E-state index contributed by atoms with van der Waals surface area (Å²) in [4.78, 5) is 13.0. The molecule has 1 saturated heterocycles. The Hall–Kier alpha value is -0.620. The second-order valence-electron chi connectivity index (χ2n) is 5.05. The van der Waals surface area contributed by atoms with Gasteiger partial charge in [0.2, 0.25) is 5.91 Å². The van der Waals surface area contributed by atoms with E-state index in [1.54, 1.807) is 13.8 Å². The van der Waals surface area contributed by atoms with Gasteiger partial charge in [-0.05, 0) is 19.8 Å².